The number of carbonyl (C=O) groups is 1. The smallest absolute Gasteiger partial charge is 0.185 e. The van der Waals surface area contributed by atoms with Crippen LogP contribution < -0.4 is 9.64 Å². The molecule has 0 unspecified atom stereocenters. The lowest BCUT2D eigenvalue weighted by Gasteiger charge is -2.11. The van der Waals surface area contributed by atoms with E-state index in [0.717, 1.165) is 11.3 Å². The molecular weight excluding hydrogens is 358 g/mol. The Hall–Kier alpha value is -2.27. The van der Waals surface area contributed by atoms with Crippen LogP contribution in [0.5, 0.6) is 11.5 Å². The van der Waals surface area contributed by atoms with E-state index in [1.807, 2.05) is 31.1 Å². The highest BCUT2D eigenvalue weighted by molar-refractivity contribution is 9.10. The van der Waals surface area contributed by atoms with Gasteiger partial charge in [-0.25, -0.2) is 0 Å². The molecule has 1 N–H and O–H groups in total. The van der Waals surface area contributed by atoms with E-state index in [2.05, 4.69) is 15.9 Å². The van der Waals surface area contributed by atoms with E-state index in [9.17, 15) is 9.90 Å². The lowest BCUT2D eigenvalue weighted by molar-refractivity contribution is 0.104. The number of methoxy groups -OCH3 is 1. The number of allylic oxidation sites excluding steroid dienone is 1. The summed E-state index contributed by atoms with van der Waals surface area (Å²) in [5.74, 6) is 0.312. The third kappa shape index (κ3) is 4.13. The number of aromatic hydroxyl groups is 1. The van der Waals surface area contributed by atoms with Gasteiger partial charge in [-0.15, -0.1) is 0 Å². The third-order valence-corrected chi connectivity index (χ3v) is 4.07. The van der Waals surface area contributed by atoms with E-state index in [0.29, 0.717) is 15.8 Å². The van der Waals surface area contributed by atoms with Crippen molar-refractivity contribution in [3.8, 4) is 11.5 Å². The Balaban J connectivity index is 2.21. The summed E-state index contributed by atoms with van der Waals surface area (Å²) < 4.78 is 5.76. The van der Waals surface area contributed by atoms with Crippen LogP contribution in [0.15, 0.2) is 46.9 Å². The molecule has 0 aliphatic rings. The van der Waals surface area contributed by atoms with Crippen LogP contribution in [0.2, 0.25) is 0 Å². The Morgan fingerprint density at radius 2 is 1.87 bits per heavy atom. The summed E-state index contributed by atoms with van der Waals surface area (Å²) in [6, 6.07) is 10.6. The molecule has 2 rings (SSSR count). The molecule has 0 atom stereocenters. The molecular formula is C18H18BrNO3. The summed E-state index contributed by atoms with van der Waals surface area (Å²) >= 11 is 3.36. The average Bonchev–Trinajstić information content (AvgIpc) is 2.54. The van der Waals surface area contributed by atoms with Gasteiger partial charge in [-0.2, -0.15) is 0 Å². The number of hydrogen-bond acceptors (Lipinski definition) is 4. The number of rotatable bonds is 5. The highest BCUT2D eigenvalue weighted by Crippen LogP contribution is 2.33. The minimum absolute atomic E-state index is 0.0436. The molecule has 0 amide bonds. The van der Waals surface area contributed by atoms with E-state index in [1.165, 1.54) is 19.3 Å². The van der Waals surface area contributed by atoms with Crippen LogP contribution in [-0.4, -0.2) is 32.1 Å². The van der Waals surface area contributed by atoms with E-state index >= 15 is 0 Å². The van der Waals surface area contributed by atoms with Gasteiger partial charge in [0.2, 0.25) is 0 Å². The molecule has 2 aromatic carbocycles. The molecule has 0 heterocycles. The maximum Gasteiger partial charge on any atom is 0.185 e. The lowest BCUT2D eigenvalue weighted by Crippen LogP contribution is -2.08. The second kappa shape index (κ2) is 7.33. The lowest BCUT2D eigenvalue weighted by atomic mass is 10.1. The molecule has 0 bridgehead atoms. The van der Waals surface area contributed by atoms with Gasteiger partial charge in [-0.1, -0.05) is 15.9 Å². The first-order chi connectivity index (χ1) is 10.9. The number of ketones is 1. The quantitative estimate of drug-likeness (QED) is 0.630. The molecule has 23 heavy (non-hydrogen) atoms. The fourth-order valence-corrected chi connectivity index (χ4v) is 2.50. The molecule has 120 valence electrons. The van der Waals surface area contributed by atoms with E-state index < -0.39 is 0 Å². The fraction of sp³-hybridized carbons (Fsp3) is 0.167. The van der Waals surface area contributed by atoms with Crippen molar-refractivity contribution in [3.63, 3.8) is 0 Å². The zero-order valence-electron chi connectivity index (χ0n) is 13.2. The second-order valence-corrected chi connectivity index (χ2v) is 6.04. The normalized spacial score (nSPS) is 10.8. The number of benzene rings is 2. The minimum atomic E-state index is -0.0887. The van der Waals surface area contributed by atoms with Crippen molar-refractivity contribution < 1.29 is 14.6 Å². The number of anilines is 1. The molecule has 0 fully saturated rings. The number of hydrogen-bond donors (Lipinski definition) is 1. The van der Waals surface area contributed by atoms with Gasteiger partial charge >= 0.3 is 0 Å². The number of carbonyl (C=O) groups excluding carboxylic acids is 1. The first kappa shape index (κ1) is 17.1. The van der Waals surface area contributed by atoms with Crippen LogP contribution >= 0.6 is 15.9 Å². The topological polar surface area (TPSA) is 49.8 Å². The average molecular weight is 376 g/mol. The number of nitrogens with zero attached hydrogens (tertiary/aromatic N) is 1. The van der Waals surface area contributed by atoms with Crippen molar-refractivity contribution in [2.75, 3.05) is 26.1 Å². The van der Waals surface area contributed by atoms with Crippen LogP contribution in [-0.2, 0) is 0 Å². The van der Waals surface area contributed by atoms with Crippen LogP contribution in [0.3, 0.4) is 0 Å². The molecule has 4 nitrogen and oxygen atoms in total. The summed E-state index contributed by atoms with van der Waals surface area (Å²) in [7, 11) is 5.38. The van der Waals surface area contributed by atoms with E-state index in [4.69, 9.17) is 4.74 Å². The number of ether oxygens (including phenoxy) is 1. The first-order valence-electron chi connectivity index (χ1n) is 6.98. The van der Waals surface area contributed by atoms with Gasteiger partial charge in [0.1, 0.15) is 0 Å². The van der Waals surface area contributed by atoms with E-state index in [-0.39, 0.29) is 11.5 Å². The molecule has 0 spiro atoms. The fourth-order valence-electron chi connectivity index (χ4n) is 2.04. The Labute approximate surface area is 144 Å². The van der Waals surface area contributed by atoms with Gasteiger partial charge < -0.3 is 14.7 Å². The number of halogens is 1. The minimum Gasteiger partial charge on any atom is -0.504 e. The number of phenols is 1. The van der Waals surface area contributed by atoms with E-state index in [1.54, 1.807) is 24.3 Å². The Kier molecular flexibility index (Phi) is 5.45. The summed E-state index contributed by atoms with van der Waals surface area (Å²) in [5, 5.41) is 9.69. The van der Waals surface area contributed by atoms with Gasteiger partial charge in [0.25, 0.3) is 0 Å². The van der Waals surface area contributed by atoms with Gasteiger partial charge in [0.05, 0.1) is 7.11 Å². The Morgan fingerprint density at radius 3 is 2.43 bits per heavy atom. The predicted molar refractivity (Wildman–Crippen MR) is 96.5 cm³/mol. The highest BCUT2D eigenvalue weighted by atomic mass is 79.9. The predicted octanol–water partition coefficient (Wildman–Crippen LogP) is 4.13. The molecule has 0 radical (unpaired) electrons. The Bertz CT molecular complexity index is 737. The molecule has 0 aromatic heterocycles. The van der Waals surface area contributed by atoms with Gasteiger partial charge in [0.15, 0.2) is 17.3 Å². The highest BCUT2D eigenvalue weighted by Gasteiger charge is 2.07. The van der Waals surface area contributed by atoms with Gasteiger partial charge in [-0.05, 0) is 54.1 Å². The molecule has 0 saturated carbocycles. The van der Waals surface area contributed by atoms with Crippen molar-refractivity contribution in [2.45, 2.75) is 0 Å². The summed E-state index contributed by atoms with van der Waals surface area (Å²) in [6.07, 6.45) is 3.19. The molecule has 2 aromatic rings. The maximum absolute atomic E-state index is 12.2. The molecule has 5 heteroatoms. The van der Waals surface area contributed by atoms with Crippen molar-refractivity contribution >= 4 is 33.5 Å². The summed E-state index contributed by atoms with van der Waals surface area (Å²) in [4.78, 5) is 14.2. The Morgan fingerprint density at radius 1 is 1.22 bits per heavy atom. The zero-order chi connectivity index (χ0) is 17.0. The van der Waals surface area contributed by atoms with Crippen molar-refractivity contribution in [3.05, 3.63) is 58.1 Å². The summed E-state index contributed by atoms with van der Waals surface area (Å²) in [6.45, 7) is 0. The standard InChI is InChI=1S/C18H18BrNO3/c1-20(2)14-7-4-12(5-8-14)16(21)9-6-13-10-18(23-3)17(22)11-15(13)19/h4-11,22H,1-3H3/b9-6+. The number of phenolic OH excluding ortho intramolecular Hbond substituents is 1. The van der Waals surface area contributed by atoms with Crippen molar-refractivity contribution in [1.29, 1.82) is 0 Å². The largest absolute Gasteiger partial charge is 0.504 e. The molecule has 0 saturated heterocycles. The maximum atomic E-state index is 12.2. The van der Waals surface area contributed by atoms with Crippen molar-refractivity contribution in [1.82, 2.24) is 0 Å². The van der Waals surface area contributed by atoms with Crippen LogP contribution in [0, 0.1) is 0 Å². The first-order valence-corrected chi connectivity index (χ1v) is 7.78. The van der Waals surface area contributed by atoms with Crippen molar-refractivity contribution in [2.24, 2.45) is 0 Å². The molecule has 0 aliphatic heterocycles. The summed E-state index contributed by atoms with van der Waals surface area (Å²) in [5.41, 5.74) is 2.41. The monoisotopic (exact) mass is 375 g/mol. The zero-order valence-corrected chi connectivity index (χ0v) is 14.8. The van der Waals surface area contributed by atoms with Crippen LogP contribution in [0.25, 0.3) is 6.08 Å². The second-order valence-electron chi connectivity index (χ2n) is 5.18. The van der Waals surface area contributed by atoms with Gasteiger partial charge in [0, 0.05) is 29.8 Å². The van der Waals surface area contributed by atoms with Gasteiger partial charge in [-0.3, -0.25) is 4.79 Å². The third-order valence-electron chi connectivity index (χ3n) is 3.38. The molecule has 0 aliphatic carbocycles. The SMILES string of the molecule is COc1cc(/C=C/C(=O)c2ccc(N(C)C)cc2)c(Br)cc1O. The van der Waals surface area contributed by atoms with Crippen LogP contribution in [0.1, 0.15) is 15.9 Å². The van der Waals surface area contributed by atoms with Crippen LogP contribution in [0.4, 0.5) is 5.69 Å².